The van der Waals surface area contributed by atoms with Gasteiger partial charge in [0.05, 0.1) is 0 Å². The topological polar surface area (TPSA) is 45.4 Å². The van der Waals surface area contributed by atoms with Gasteiger partial charge in [0.1, 0.15) is 25.0 Å². The average molecular weight is 481 g/mol. The fraction of sp³-hybridized carbons (Fsp3) is 0.269. The summed E-state index contributed by atoms with van der Waals surface area (Å²) in [6.07, 6.45) is 2.61. The highest BCUT2D eigenvalue weighted by molar-refractivity contribution is 5.88. The predicted octanol–water partition coefficient (Wildman–Crippen LogP) is 1.01. The highest BCUT2D eigenvalue weighted by Gasteiger charge is 2.10. The molecule has 1 unspecified atom stereocenters. The Hall–Kier alpha value is -2.47. The summed E-state index contributed by atoms with van der Waals surface area (Å²) < 4.78 is 8.17. The van der Waals surface area contributed by atoms with Gasteiger partial charge in [-0.2, -0.15) is 4.57 Å². The zero-order valence-corrected chi connectivity index (χ0v) is 19.4. The van der Waals surface area contributed by atoms with Crippen LogP contribution in [0.1, 0.15) is 12.0 Å². The van der Waals surface area contributed by atoms with E-state index in [0.29, 0.717) is 6.54 Å². The van der Waals surface area contributed by atoms with Gasteiger partial charge in [-0.25, -0.2) is 0 Å². The number of aryl methyl sites for hydroxylation is 2. The van der Waals surface area contributed by atoms with Crippen molar-refractivity contribution in [2.75, 3.05) is 19.7 Å². The molecule has 0 amide bonds. The van der Waals surface area contributed by atoms with Gasteiger partial charge >= 0.3 is 0 Å². The second-order valence-corrected chi connectivity index (χ2v) is 7.71. The van der Waals surface area contributed by atoms with Crippen molar-refractivity contribution in [1.82, 2.24) is 5.32 Å². The maximum atomic E-state index is 10.3. The van der Waals surface area contributed by atoms with Crippen LogP contribution in [0, 0.1) is 6.92 Å². The Labute approximate surface area is 194 Å². The number of ether oxygens (including phenoxy) is 1. The van der Waals surface area contributed by atoms with E-state index in [1.54, 1.807) is 0 Å². The minimum Gasteiger partial charge on any atom is -1.00 e. The molecule has 0 saturated carbocycles. The number of para-hydroxylation sites is 1. The molecule has 0 radical (unpaired) electrons. The van der Waals surface area contributed by atoms with E-state index in [2.05, 4.69) is 65.5 Å². The van der Waals surface area contributed by atoms with E-state index in [4.69, 9.17) is 4.74 Å². The van der Waals surface area contributed by atoms with Crippen LogP contribution in [0.4, 0.5) is 0 Å². The van der Waals surface area contributed by atoms with Crippen molar-refractivity contribution < 1.29 is 31.4 Å². The number of rotatable bonds is 9. The molecule has 4 aromatic rings. The number of hydrogen-bond donors (Lipinski definition) is 2. The molecule has 0 bridgehead atoms. The zero-order chi connectivity index (χ0) is 20.8. The number of benzene rings is 3. The number of hydrogen-bond acceptors (Lipinski definition) is 3. The van der Waals surface area contributed by atoms with Crippen molar-refractivity contribution in [3.63, 3.8) is 0 Å². The molecule has 1 aromatic heterocycles. The van der Waals surface area contributed by atoms with Crippen LogP contribution in [0.15, 0.2) is 79.0 Å². The third-order valence-electron chi connectivity index (χ3n) is 5.46. The van der Waals surface area contributed by atoms with Gasteiger partial charge in [0.15, 0.2) is 6.20 Å². The van der Waals surface area contributed by atoms with Crippen LogP contribution >= 0.6 is 0 Å². The van der Waals surface area contributed by atoms with Crippen LogP contribution in [0.2, 0.25) is 0 Å². The van der Waals surface area contributed by atoms with Gasteiger partial charge in [0, 0.05) is 42.4 Å². The quantitative estimate of drug-likeness (QED) is 0.277. The summed E-state index contributed by atoms with van der Waals surface area (Å²) in [6.45, 7) is 4.73. The number of nitrogens with one attached hydrogen (secondary N) is 1. The van der Waals surface area contributed by atoms with Gasteiger partial charge in [-0.15, -0.1) is 0 Å². The second kappa shape index (κ2) is 11.2. The average Bonchev–Trinajstić information content (AvgIpc) is 2.79. The van der Waals surface area contributed by atoms with E-state index in [9.17, 15) is 5.11 Å². The predicted molar refractivity (Wildman–Crippen MR) is 122 cm³/mol. The van der Waals surface area contributed by atoms with E-state index >= 15 is 0 Å². The molecule has 1 atom stereocenters. The lowest BCUT2D eigenvalue weighted by Crippen LogP contribution is -3.00. The molecule has 31 heavy (non-hydrogen) atoms. The van der Waals surface area contributed by atoms with E-state index in [0.717, 1.165) is 36.0 Å². The smallest absolute Gasteiger partial charge is 0.212 e. The molecule has 4 nitrogen and oxygen atoms in total. The lowest BCUT2D eigenvalue weighted by Gasteiger charge is -2.14. The molecule has 0 spiro atoms. The van der Waals surface area contributed by atoms with Gasteiger partial charge < -0.3 is 32.1 Å². The van der Waals surface area contributed by atoms with Crippen molar-refractivity contribution >= 4 is 21.7 Å². The molecular formula is C26H29BrN2O2. The molecule has 3 aromatic carbocycles. The normalized spacial score (nSPS) is 11.9. The second-order valence-electron chi connectivity index (χ2n) is 7.71. The largest absolute Gasteiger partial charge is 1.00 e. The minimum absolute atomic E-state index is 0. The van der Waals surface area contributed by atoms with Crippen LogP contribution in [0.25, 0.3) is 21.7 Å². The number of halogens is 1. The lowest BCUT2D eigenvalue weighted by molar-refractivity contribution is -0.671. The molecule has 0 fully saturated rings. The summed E-state index contributed by atoms with van der Waals surface area (Å²) >= 11 is 0. The first-order valence-electron chi connectivity index (χ1n) is 10.6. The van der Waals surface area contributed by atoms with E-state index in [-0.39, 0.29) is 23.6 Å². The molecular weight excluding hydrogens is 452 g/mol. The number of fused-ring (bicyclic) bond motifs is 2. The third kappa shape index (κ3) is 5.82. The number of nitrogens with zero attached hydrogens (tertiary/aromatic N) is 1. The highest BCUT2D eigenvalue weighted by atomic mass is 79.9. The monoisotopic (exact) mass is 480 g/mol. The number of aromatic nitrogens is 1. The van der Waals surface area contributed by atoms with E-state index < -0.39 is 6.10 Å². The van der Waals surface area contributed by atoms with Crippen molar-refractivity contribution in [2.24, 2.45) is 0 Å². The summed E-state index contributed by atoms with van der Waals surface area (Å²) in [5.41, 5.74) is 2.57. The Morgan fingerprint density at radius 3 is 2.55 bits per heavy atom. The maximum Gasteiger partial charge on any atom is 0.212 e. The van der Waals surface area contributed by atoms with Crippen molar-refractivity contribution in [2.45, 2.75) is 26.0 Å². The van der Waals surface area contributed by atoms with Crippen LogP contribution < -0.4 is 31.6 Å². The number of aliphatic hydroxyl groups excluding tert-OH is 1. The van der Waals surface area contributed by atoms with Crippen LogP contribution in [-0.2, 0) is 6.54 Å². The summed E-state index contributed by atoms with van der Waals surface area (Å²) in [4.78, 5) is 0. The van der Waals surface area contributed by atoms with Crippen LogP contribution in [-0.4, -0.2) is 30.9 Å². The SMILES string of the molecule is Cc1cc[n+](CCCNCC(O)COc2cccc3ccccc23)c2ccccc12.[Br-]. The maximum absolute atomic E-state index is 10.3. The molecule has 0 aliphatic carbocycles. The summed E-state index contributed by atoms with van der Waals surface area (Å²) in [5.74, 6) is 0.815. The van der Waals surface area contributed by atoms with Gasteiger partial charge in [-0.1, -0.05) is 48.5 Å². The third-order valence-corrected chi connectivity index (χ3v) is 5.46. The summed E-state index contributed by atoms with van der Waals surface area (Å²) in [5, 5.41) is 17.1. The van der Waals surface area contributed by atoms with Gasteiger partial charge in [0.25, 0.3) is 0 Å². The first-order valence-corrected chi connectivity index (χ1v) is 10.6. The molecule has 2 N–H and O–H groups in total. The Balaban J connectivity index is 0.00000272. The molecule has 1 heterocycles. The Kier molecular flexibility index (Phi) is 8.41. The molecule has 4 rings (SSSR count). The van der Waals surface area contributed by atoms with Gasteiger partial charge in [-0.05, 0) is 30.0 Å². The van der Waals surface area contributed by atoms with E-state index in [1.165, 1.54) is 16.5 Å². The Morgan fingerprint density at radius 2 is 1.68 bits per heavy atom. The fourth-order valence-corrected chi connectivity index (χ4v) is 3.83. The van der Waals surface area contributed by atoms with Crippen molar-refractivity contribution in [3.8, 4) is 5.75 Å². The summed E-state index contributed by atoms with van der Waals surface area (Å²) in [7, 11) is 0. The van der Waals surface area contributed by atoms with Crippen LogP contribution in [0.3, 0.4) is 0 Å². The first kappa shape index (κ1) is 23.2. The zero-order valence-electron chi connectivity index (χ0n) is 17.8. The molecule has 5 heteroatoms. The van der Waals surface area contributed by atoms with Gasteiger partial charge in [-0.3, -0.25) is 0 Å². The lowest BCUT2D eigenvalue weighted by atomic mass is 10.1. The van der Waals surface area contributed by atoms with E-state index in [1.807, 2.05) is 30.3 Å². The number of aliphatic hydroxyl groups is 1. The van der Waals surface area contributed by atoms with Crippen molar-refractivity contribution in [3.05, 3.63) is 84.6 Å². The molecule has 162 valence electrons. The standard InChI is InChI=1S/C26H29N2O2.BrH/c1-20-14-17-28(25-12-5-4-10-23(20)25)16-7-15-27-18-22(29)19-30-26-13-6-9-21-8-2-3-11-24(21)26;/h2-6,8-14,17,22,27,29H,7,15-16,18-19H2,1H3;1H/q+1;/p-1. The fourth-order valence-electron chi connectivity index (χ4n) is 3.83. The molecule has 0 aliphatic rings. The summed E-state index contributed by atoms with van der Waals surface area (Å²) in [6, 6.07) is 24.8. The van der Waals surface area contributed by atoms with Gasteiger partial charge in [0.2, 0.25) is 5.52 Å². The Bertz CT molecular complexity index is 1130. The first-order chi connectivity index (χ1) is 14.7. The Morgan fingerprint density at radius 1 is 0.935 bits per heavy atom. The molecule has 0 aliphatic heterocycles. The van der Waals surface area contributed by atoms with Crippen molar-refractivity contribution in [1.29, 1.82) is 0 Å². The molecule has 0 saturated heterocycles. The minimum atomic E-state index is -0.545. The highest BCUT2D eigenvalue weighted by Crippen LogP contribution is 2.25. The van der Waals surface area contributed by atoms with Crippen LogP contribution in [0.5, 0.6) is 5.75 Å². The number of pyridine rings is 1.